The van der Waals surface area contributed by atoms with Crippen molar-refractivity contribution in [1.29, 1.82) is 0 Å². The Morgan fingerprint density at radius 2 is 2.13 bits per heavy atom. The summed E-state index contributed by atoms with van der Waals surface area (Å²) in [6.45, 7) is 4.17. The van der Waals surface area contributed by atoms with Crippen LogP contribution in [0, 0.1) is 17.7 Å². The van der Waals surface area contributed by atoms with E-state index in [-0.39, 0.29) is 23.6 Å². The van der Waals surface area contributed by atoms with Crippen molar-refractivity contribution in [3.63, 3.8) is 0 Å². The Hall–Kier alpha value is -1.57. The molecular formula is C22H30ClFN2O4. The van der Waals surface area contributed by atoms with E-state index in [2.05, 4.69) is 17.1 Å². The van der Waals surface area contributed by atoms with Gasteiger partial charge in [-0.1, -0.05) is 18.5 Å². The van der Waals surface area contributed by atoms with Crippen molar-refractivity contribution in [2.24, 2.45) is 11.8 Å². The number of aliphatic hydroxyl groups excluding tert-OH is 1. The number of ether oxygens (including phenoxy) is 2. The van der Waals surface area contributed by atoms with E-state index in [9.17, 15) is 14.3 Å². The van der Waals surface area contributed by atoms with Crippen molar-refractivity contribution in [3.05, 3.63) is 29.0 Å². The first-order valence-corrected chi connectivity index (χ1v) is 11.2. The molecule has 2 N–H and O–H groups in total. The zero-order valence-corrected chi connectivity index (χ0v) is 18.0. The highest BCUT2D eigenvalue weighted by atomic mass is 35.5. The molecular weight excluding hydrogens is 411 g/mol. The van der Waals surface area contributed by atoms with Crippen LogP contribution >= 0.6 is 11.6 Å². The summed E-state index contributed by atoms with van der Waals surface area (Å²) in [6, 6.07) is 4.22. The van der Waals surface area contributed by atoms with Gasteiger partial charge in [0.15, 0.2) is 0 Å². The van der Waals surface area contributed by atoms with E-state index in [0.29, 0.717) is 29.2 Å². The number of rotatable bonds is 7. The van der Waals surface area contributed by atoms with E-state index in [4.69, 9.17) is 21.1 Å². The molecule has 166 valence electrons. The molecule has 0 aromatic heterocycles. The molecule has 1 saturated carbocycles. The summed E-state index contributed by atoms with van der Waals surface area (Å²) in [5, 5.41) is 13.9. The van der Waals surface area contributed by atoms with Crippen LogP contribution < -0.4 is 10.1 Å². The van der Waals surface area contributed by atoms with Gasteiger partial charge in [-0.15, -0.1) is 0 Å². The average Bonchev–Trinajstić information content (AvgIpc) is 3.09. The van der Waals surface area contributed by atoms with Gasteiger partial charge in [0.05, 0.1) is 10.6 Å². The minimum absolute atomic E-state index is 0.0183. The number of piperidine rings is 1. The molecule has 1 amide bonds. The van der Waals surface area contributed by atoms with Crippen LogP contribution in [0.5, 0.6) is 5.75 Å². The molecule has 2 saturated heterocycles. The molecule has 3 aliphatic rings. The van der Waals surface area contributed by atoms with Crippen molar-refractivity contribution in [1.82, 2.24) is 10.2 Å². The number of benzene rings is 1. The number of nitrogens with one attached hydrogen (secondary N) is 1. The topological polar surface area (TPSA) is 71.0 Å². The van der Waals surface area contributed by atoms with Gasteiger partial charge >= 0.3 is 6.09 Å². The number of cyclic esters (lactones) is 1. The highest BCUT2D eigenvalue weighted by Crippen LogP contribution is 2.43. The number of aliphatic hydroxyl groups is 1. The van der Waals surface area contributed by atoms with Crippen LogP contribution in [0.25, 0.3) is 0 Å². The molecule has 3 fully saturated rings. The number of halogens is 2. The predicted octanol–water partition coefficient (Wildman–Crippen LogP) is 3.95. The SMILES string of the molecule is CCC(Oc1ccc(F)cc1Cl)C1CCN(C(O)CC2CC3(COC(=O)N3)C2)CC1. The molecule has 1 aromatic carbocycles. The highest BCUT2D eigenvalue weighted by Gasteiger charge is 2.50. The Balaban J connectivity index is 1.23. The standard InChI is InChI=1S/C22H30ClFN2O4/c1-2-18(30-19-4-3-16(24)10-17(19)23)15-5-7-26(8-6-15)20(27)9-14-11-22(12-14)13-29-21(28)25-22/h3-4,10,14-15,18,20,27H,2,5-9,11-13H2,1H3,(H,25,28). The van der Waals surface area contributed by atoms with E-state index < -0.39 is 6.23 Å². The fraction of sp³-hybridized carbons (Fsp3) is 0.682. The van der Waals surface area contributed by atoms with Gasteiger partial charge in [0.25, 0.3) is 0 Å². The number of hydrogen-bond donors (Lipinski definition) is 2. The summed E-state index contributed by atoms with van der Waals surface area (Å²) in [6.07, 6.45) is 4.42. The zero-order valence-electron chi connectivity index (χ0n) is 17.3. The number of carbonyl (C=O) groups excluding carboxylic acids is 1. The molecule has 1 aromatic rings. The first-order valence-electron chi connectivity index (χ1n) is 10.9. The molecule has 2 heterocycles. The minimum atomic E-state index is -0.459. The van der Waals surface area contributed by atoms with Crippen LogP contribution in [0.4, 0.5) is 9.18 Å². The quantitative estimate of drug-likeness (QED) is 0.671. The summed E-state index contributed by atoms with van der Waals surface area (Å²) < 4.78 is 24.4. The highest BCUT2D eigenvalue weighted by molar-refractivity contribution is 6.32. The summed E-state index contributed by atoms with van der Waals surface area (Å²) in [7, 11) is 0. The van der Waals surface area contributed by atoms with Crippen LogP contribution in [0.2, 0.25) is 5.02 Å². The van der Waals surface area contributed by atoms with Gasteiger partial charge in [-0.05, 0) is 68.6 Å². The smallest absolute Gasteiger partial charge is 0.407 e. The number of likely N-dealkylation sites (tertiary alicyclic amines) is 1. The largest absolute Gasteiger partial charge is 0.489 e. The molecule has 0 radical (unpaired) electrons. The maximum atomic E-state index is 13.3. The summed E-state index contributed by atoms with van der Waals surface area (Å²) in [5.74, 6) is 0.932. The van der Waals surface area contributed by atoms with Crippen LogP contribution in [-0.2, 0) is 4.74 Å². The molecule has 4 rings (SSSR count). The maximum Gasteiger partial charge on any atom is 0.407 e. The number of nitrogens with zero attached hydrogens (tertiary/aromatic N) is 1. The van der Waals surface area contributed by atoms with E-state index >= 15 is 0 Å². The van der Waals surface area contributed by atoms with Crippen molar-refractivity contribution in [3.8, 4) is 5.75 Å². The van der Waals surface area contributed by atoms with Gasteiger partial charge in [0.1, 0.15) is 30.5 Å². The monoisotopic (exact) mass is 440 g/mol. The van der Waals surface area contributed by atoms with Crippen LogP contribution in [0.15, 0.2) is 18.2 Å². The fourth-order valence-electron chi connectivity index (χ4n) is 5.21. The van der Waals surface area contributed by atoms with Gasteiger partial charge in [-0.2, -0.15) is 0 Å². The Bertz CT molecular complexity index is 766. The van der Waals surface area contributed by atoms with Gasteiger partial charge in [0.2, 0.25) is 0 Å². The number of hydrogen-bond acceptors (Lipinski definition) is 5. The van der Waals surface area contributed by atoms with E-state index in [1.165, 1.54) is 12.1 Å². The maximum absolute atomic E-state index is 13.3. The normalized spacial score (nSPS) is 29.2. The lowest BCUT2D eigenvalue weighted by atomic mass is 9.67. The number of carbonyl (C=O) groups is 1. The Morgan fingerprint density at radius 1 is 1.40 bits per heavy atom. The molecule has 2 aliphatic heterocycles. The fourth-order valence-corrected chi connectivity index (χ4v) is 5.42. The summed E-state index contributed by atoms with van der Waals surface area (Å²) in [4.78, 5) is 13.4. The lowest BCUT2D eigenvalue weighted by molar-refractivity contribution is -0.0577. The molecule has 2 atom stereocenters. The second-order valence-corrected chi connectivity index (χ2v) is 9.39. The zero-order chi connectivity index (χ0) is 21.3. The lowest BCUT2D eigenvalue weighted by Crippen LogP contribution is -2.55. The van der Waals surface area contributed by atoms with Gasteiger partial charge in [0, 0.05) is 13.1 Å². The van der Waals surface area contributed by atoms with Crippen LogP contribution in [-0.4, -0.2) is 53.7 Å². The molecule has 30 heavy (non-hydrogen) atoms. The first kappa shape index (κ1) is 21.7. The molecule has 1 aliphatic carbocycles. The summed E-state index contributed by atoms with van der Waals surface area (Å²) in [5.41, 5.74) is -0.193. The Morgan fingerprint density at radius 3 is 2.73 bits per heavy atom. The van der Waals surface area contributed by atoms with Crippen LogP contribution in [0.3, 0.4) is 0 Å². The number of amides is 1. The lowest BCUT2D eigenvalue weighted by Gasteiger charge is -2.45. The third kappa shape index (κ3) is 4.68. The molecule has 8 heteroatoms. The second-order valence-electron chi connectivity index (χ2n) is 8.98. The van der Waals surface area contributed by atoms with Crippen LogP contribution in [0.1, 0.15) is 45.4 Å². The van der Waals surface area contributed by atoms with Gasteiger partial charge in [-0.3, -0.25) is 4.90 Å². The third-order valence-corrected chi connectivity index (χ3v) is 7.14. The Labute approximate surface area is 181 Å². The molecule has 1 spiro atoms. The van der Waals surface area contributed by atoms with Crippen molar-refractivity contribution in [2.75, 3.05) is 19.7 Å². The minimum Gasteiger partial charge on any atom is -0.489 e. The second kappa shape index (κ2) is 8.89. The first-order chi connectivity index (χ1) is 14.4. The van der Waals surface area contributed by atoms with Crippen molar-refractivity contribution < 1.29 is 23.8 Å². The van der Waals surface area contributed by atoms with E-state index in [1.54, 1.807) is 6.07 Å². The van der Waals surface area contributed by atoms with E-state index in [1.807, 2.05) is 0 Å². The van der Waals surface area contributed by atoms with Gasteiger partial charge < -0.3 is 19.9 Å². The molecule has 2 unspecified atom stereocenters. The average molecular weight is 441 g/mol. The van der Waals surface area contributed by atoms with E-state index in [0.717, 1.165) is 51.6 Å². The molecule has 0 bridgehead atoms. The Kier molecular flexibility index (Phi) is 6.42. The van der Waals surface area contributed by atoms with Crippen molar-refractivity contribution >= 4 is 17.7 Å². The number of alkyl carbamates (subject to hydrolysis) is 1. The predicted molar refractivity (Wildman–Crippen MR) is 111 cm³/mol. The molecule has 6 nitrogen and oxygen atoms in total. The van der Waals surface area contributed by atoms with Crippen molar-refractivity contribution in [2.45, 2.75) is 63.3 Å². The summed E-state index contributed by atoms with van der Waals surface area (Å²) >= 11 is 6.12. The van der Waals surface area contributed by atoms with Gasteiger partial charge in [-0.25, -0.2) is 9.18 Å². The third-order valence-electron chi connectivity index (χ3n) is 6.85.